The Labute approximate surface area is 174 Å². The summed E-state index contributed by atoms with van der Waals surface area (Å²) in [6, 6.07) is 0. The van der Waals surface area contributed by atoms with E-state index < -0.39 is 12.2 Å². The van der Waals surface area contributed by atoms with Gasteiger partial charge in [0.05, 0.1) is 18.3 Å². The number of rotatable bonds is 0. The van der Waals surface area contributed by atoms with E-state index in [9.17, 15) is 19.8 Å². The van der Waals surface area contributed by atoms with E-state index in [1.165, 1.54) is 6.08 Å². The number of esters is 1. The molecular formula is C24H34O5. The Hall–Kier alpha value is -2.24. The molecule has 29 heavy (non-hydrogen) atoms. The lowest BCUT2D eigenvalue weighted by atomic mass is 10.1. The molecule has 0 aromatic heterocycles. The third kappa shape index (κ3) is 14.4. The van der Waals surface area contributed by atoms with Gasteiger partial charge in [-0.1, -0.05) is 54.7 Å². The molecule has 3 atom stereocenters. The van der Waals surface area contributed by atoms with Gasteiger partial charge in [-0.3, -0.25) is 4.79 Å². The van der Waals surface area contributed by atoms with E-state index in [2.05, 4.69) is 0 Å². The molecule has 1 heterocycles. The normalized spacial score (nSPS) is 32.3. The van der Waals surface area contributed by atoms with Crippen molar-refractivity contribution in [2.75, 3.05) is 0 Å². The minimum atomic E-state index is -0.675. The molecule has 0 unspecified atom stereocenters. The van der Waals surface area contributed by atoms with E-state index in [1.807, 2.05) is 19.1 Å². The first-order valence-corrected chi connectivity index (χ1v) is 10.4. The monoisotopic (exact) mass is 402 g/mol. The third-order valence-electron chi connectivity index (χ3n) is 4.36. The molecule has 0 amide bonds. The lowest BCUT2D eigenvalue weighted by Gasteiger charge is -2.10. The number of ketones is 1. The molecule has 5 nitrogen and oxygen atoms in total. The second-order valence-electron chi connectivity index (χ2n) is 7.22. The number of cyclic esters (lactones) is 1. The summed E-state index contributed by atoms with van der Waals surface area (Å²) in [5, 5.41) is 19.8. The SMILES string of the molecule is C[C@@H]1CCC/C=C/CCC(=O)C[C@@H](O)C/C=C/C=C/[C@@H](O)C/C=C/C=C\C(=O)O1. The fourth-order valence-electron chi connectivity index (χ4n) is 2.76. The van der Waals surface area contributed by atoms with Crippen molar-refractivity contribution < 1.29 is 24.5 Å². The quantitative estimate of drug-likeness (QED) is 0.470. The maximum Gasteiger partial charge on any atom is 0.331 e. The van der Waals surface area contributed by atoms with Crippen LogP contribution in [0.25, 0.3) is 0 Å². The third-order valence-corrected chi connectivity index (χ3v) is 4.36. The molecular weight excluding hydrogens is 368 g/mol. The highest BCUT2D eigenvalue weighted by Crippen LogP contribution is 2.08. The summed E-state index contributed by atoms with van der Waals surface area (Å²) in [5.74, 6) is -0.324. The van der Waals surface area contributed by atoms with Crippen molar-refractivity contribution in [3.8, 4) is 0 Å². The summed E-state index contributed by atoms with van der Waals surface area (Å²) in [6.45, 7) is 1.87. The van der Waals surface area contributed by atoms with E-state index in [0.717, 1.165) is 19.3 Å². The van der Waals surface area contributed by atoms with Crippen LogP contribution in [-0.4, -0.2) is 40.3 Å². The number of Topliss-reactive ketones (excluding diaryl/α,β-unsaturated/α-hetero) is 1. The van der Waals surface area contributed by atoms with Crippen molar-refractivity contribution in [3.63, 3.8) is 0 Å². The lowest BCUT2D eigenvalue weighted by molar-refractivity contribution is -0.142. The van der Waals surface area contributed by atoms with Gasteiger partial charge in [-0.25, -0.2) is 4.79 Å². The Balaban J connectivity index is 2.61. The summed E-state index contributed by atoms with van der Waals surface area (Å²) < 4.78 is 5.31. The molecule has 0 aromatic carbocycles. The zero-order valence-corrected chi connectivity index (χ0v) is 17.3. The van der Waals surface area contributed by atoms with Crippen molar-refractivity contribution in [2.45, 2.75) is 76.6 Å². The highest BCUT2D eigenvalue weighted by molar-refractivity contribution is 5.82. The van der Waals surface area contributed by atoms with Crippen LogP contribution in [-0.2, 0) is 14.3 Å². The highest BCUT2D eigenvalue weighted by Gasteiger charge is 2.09. The molecule has 0 saturated heterocycles. The molecule has 0 fully saturated rings. The Bertz CT molecular complexity index is 627. The van der Waals surface area contributed by atoms with E-state index in [4.69, 9.17) is 4.74 Å². The van der Waals surface area contributed by atoms with Crippen LogP contribution in [0, 0.1) is 0 Å². The molecule has 5 heteroatoms. The largest absolute Gasteiger partial charge is 0.460 e. The van der Waals surface area contributed by atoms with Crippen LogP contribution < -0.4 is 0 Å². The zero-order valence-electron chi connectivity index (χ0n) is 17.3. The fraction of sp³-hybridized carbons (Fsp3) is 0.500. The standard InChI is InChI=1S/C24H34O5/c1-20-13-7-3-2-4-8-16-22(26)19-23(27)17-11-5-9-14-21(25)15-10-6-12-18-24(28)29-20/h2,4-6,9-12,14,18,20-21,23,25,27H,3,7-8,13,15-17,19H2,1H3/b4-2+,10-6+,11-5+,14-9+,18-12-/t20-,21-,23+/m1/s1. The van der Waals surface area contributed by atoms with Crippen LogP contribution in [0.15, 0.2) is 60.8 Å². The van der Waals surface area contributed by atoms with Gasteiger partial charge in [0.25, 0.3) is 0 Å². The van der Waals surface area contributed by atoms with E-state index >= 15 is 0 Å². The van der Waals surface area contributed by atoms with Crippen LogP contribution in [0.1, 0.15) is 58.3 Å². The molecule has 0 bridgehead atoms. The van der Waals surface area contributed by atoms with Crippen LogP contribution in [0.5, 0.6) is 0 Å². The average molecular weight is 403 g/mol. The van der Waals surface area contributed by atoms with Gasteiger partial charge < -0.3 is 14.9 Å². The molecule has 0 aliphatic carbocycles. The fourth-order valence-corrected chi connectivity index (χ4v) is 2.76. The molecule has 0 spiro atoms. The van der Waals surface area contributed by atoms with Gasteiger partial charge in [-0.05, 0) is 45.4 Å². The molecule has 0 saturated carbocycles. The number of ether oxygens (including phenoxy) is 1. The summed E-state index contributed by atoms with van der Waals surface area (Å²) in [5.41, 5.74) is 0. The first kappa shape index (κ1) is 24.8. The average Bonchev–Trinajstić information content (AvgIpc) is 2.65. The minimum Gasteiger partial charge on any atom is -0.460 e. The number of aliphatic hydroxyl groups excluding tert-OH is 2. The Morgan fingerprint density at radius 3 is 2.48 bits per heavy atom. The van der Waals surface area contributed by atoms with E-state index in [1.54, 1.807) is 42.5 Å². The summed E-state index contributed by atoms with van der Waals surface area (Å²) in [4.78, 5) is 23.6. The molecule has 0 aromatic rings. The van der Waals surface area contributed by atoms with Gasteiger partial charge in [0.1, 0.15) is 5.78 Å². The first-order chi connectivity index (χ1) is 14.0. The molecule has 1 rings (SSSR count). The molecule has 1 aliphatic rings. The van der Waals surface area contributed by atoms with Crippen LogP contribution in [0.2, 0.25) is 0 Å². The zero-order chi connectivity index (χ0) is 21.3. The van der Waals surface area contributed by atoms with E-state index in [0.29, 0.717) is 25.7 Å². The van der Waals surface area contributed by atoms with Crippen molar-refractivity contribution in [1.29, 1.82) is 0 Å². The number of allylic oxidation sites excluding steroid dienone is 6. The molecule has 0 radical (unpaired) electrons. The van der Waals surface area contributed by atoms with Crippen LogP contribution in [0.3, 0.4) is 0 Å². The van der Waals surface area contributed by atoms with Gasteiger partial charge in [0, 0.05) is 18.9 Å². The second-order valence-corrected chi connectivity index (χ2v) is 7.22. The van der Waals surface area contributed by atoms with E-state index in [-0.39, 0.29) is 24.3 Å². The van der Waals surface area contributed by atoms with Crippen molar-refractivity contribution >= 4 is 11.8 Å². The van der Waals surface area contributed by atoms with Gasteiger partial charge in [0.2, 0.25) is 0 Å². The highest BCUT2D eigenvalue weighted by atomic mass is 16.5. The van der Waals surface area contributed by atoms with Crippen molar-refractivity contribution in [3.05, 3.63) is 60.8 Å². The maximum absolute atomic E-state index is 11.9. The summed E-state index contributed by atoms with van der Waals surface area (Å²) in [7, 11) is 0. The molecule has 2 N–H and O–H groups in total. The Morgan fingerprint density at radius 1 is 0.931 bits per heavy atom. The van der Waals surface area contributed by atoms with Crippen LogP contribution in [0.4, 0.5) is 0 Å². The number of hydrogen-bond donors (Lipinski definition) is 2. The predicted molar refractivity (Wildman–Crippen MR) is 115 cm³/mol. The smallest absolute Gasteiger partial charge is 0.331 e. The maximum atomic E-state index is 11.9. The molecule has 160 valence electrons. The van der Waals surface area contributed by atoms with Gasteiger partial charge in [-0.2, -0.15) is 0 Å². The topological polar surface area (TPSA) is 83.8 Å². The van der Waals surface area contributed by atoms with Gasteiger partial charge >= 0.3 is 5.97 Å². The van der Waals surface area contributed by atoms with Crippen molar-refractivity contribution in [2.24, 2.45) is 0 Å². The van der Waals surface area contributed by atoms with Crippen LogP contribution >= 0.6 is 0 Å². The predicted octanol–water partition coefficient (Wildman–Crippen LogP) is 4.12. The lowest BCUT2D eigenvalue weighted by Crippen LogP contribution is -2.12. The van der Waals surface area contributed by atoms with Gasteiger partial charge in [0.15, 0.2) is 0 Å². The van der Waals surface area contributed by atoms with Gasteiger partial charge in [-0.15, -0.1) is 0 Å². The summed E-state index contributed by atoms with van der Waals surface area (Å²) >= 11 is 0. The number of carbonyl (C=O) groups is 2. The first-order valence-electron chi connectivity index (χ1n) is 10.4. The summed E-state index contributed by atoms with van der Waals surface area (Å²) in [6.07, 6.45) is 20.5. The Kier molecular flexibility index (Phi) is 13.4. The minimum absolute atomic E-state index is 0.0522. The number of hydrogen-bond acceptors (Lipinski definition) is 5. The van der Waals surface area contributed by atoms with Crippen molar-refractivity contribution in [1.82, 2.24) is 0 Å². The Morgan fingerprint density at radius 2 is 1.66 bits per heavy atom. The number of carbonyl (C=O) groups excluding carboxylic acids is 2. The number of aliphatic hydroxyl groups is 2. The molecule has 1 aliphatic heterocycles. The second kappa shape index (κ2) is 15.7.